The van der Waals surface area contributed by atoms with Gasteiger partial charge in [-0.15, -0.1) is 0 Å². The van der Waals surface area contributed by atoms with Crippen LogP contribution in [0, 0.1) is 0 Å². The summed E-state index contributed by atoms with van der Waals surface area (Å²) >= 11 is 0. The van der Waals surface area contributed by atoms with Crippen LogP contribution in [0.3, 0.4) is 0 Å². The van der Waals surface area contributed by atoms with Crippen LogP contribution in [0.15, 0.2) is 67.0 Å². The Kier molecular flexibility index (Phi) is 3.39. The van der Waals surface area contributed by atoms with Crippen LogP contribution < -0.4 is 5.32 Å². The van der Waals surface area contributed by atoms with Crippen LogP contribution in [0.2, 0.25) is 0 Å². The Hall–Kier alpha value is -3.08. The van der Waals surface area contributed by atoms with Crippen molar-refractivity contribution in [1.29, 1.82) is 0 Å². The molecule has 0 bridgehead atoms. The second-order valence-corrected chi connectivity index (χ2v) is 4.50. The van der Waals surface area contributed by atoms with Gasteiger partial charge in [0.05, 0.1) is 5.69 Å². The predicted octanol–water partition coefficient (Wildman–Crippen LogP) is 2.83. The van der Waals surface area contributed by atoms with Crippen LogP contribution in [-0.4, -0.2) is 20.8 Å². The second-order valence-electron chi connectivity index (χ2n) is 4.50. The minimum absolute atomic E-state index is 0.134. The summed E-state index contributed by atoms with van der Waals surface area (Å²) in [5.41, 5.74) is 2.11. The monoisotopic (exact) mass is 279 g/mol. The van der Waals surface area contributed by atoms with E-state index in [2.05, 4.69) is 10.4 Å². The van der Waals surface area contributed by atoms with Crippen LogP contribution in [0.25, 0.3) is 5.69 Å². The molecule has 0 aliphatic rings. The second kappa shape index (κ2) is 5.50. The van der Waals surface area contributed by atoms with Gasteiger partial charge in [0.1, 0.15) is 5.75 Å². The number of hydrogen-bond donors (Lipinski definition) is 2. The third-order valence-corrected chi connectivity index (χ3v) is 3.02. The van der Waals surface area contributed by atoms with Gasteiger partial charge in [-0.25, -0.2) is 4.68 Å². The minimum Gasteiger partial charge on any atom is -0.508 e. The average molecular weight is 279 g/mol. The van der Waals surface area contributed by atoms with Crippen LogP contribution in [0.1, 0.15) is 10.4 Å². The lowest BCUT2D eigenvalue weighted by Gasteiger charge is -2.07. The van der Waals surface area contributed by atoms with E-state index >= 15 is 0 Å². The van der Waals surface area contributed by atoms with E-state index in [1.54, 1.807) is 23.0 Å². The number of benzene rings is 2. The van der Waals surface area contributed by atoms with Crippen molar-refractivity contribution in [3.8, 4) is 11.4 Å². The van der Waals surface area contributed by atoms with Gasteiger partial charge in [0.2, 0.25) is 0 Å². The Balaban J connectivity index is 1.73. The molecule has 0 aliphatic carbocycles. The number of rotatable bonds is 3. The number of anilines is 1. The normalized spacial score (nSPS) is 10.3. The molecular weight excluding hydrogens is 266 g/mol. The topological polar surface area (TPSA) is 67.2 Å². The molecule has 0 fully saturated rings. The van der Waals surface area contributed by atoms with E-state index in [1.807, 2.05) is 36.5 Å². The maximum atomic E-state index is 12.0. The Bertz CT molecular complexity index is 732. The van der Waals surface area contributed by atoms with E-state index < -0.39 is 0 Å². The zero-order chi connectivity index (χ0) is 14.7. The SMILES string of the molecule is O=C(Nc1ccc(-n2cccn2)cc1)c1ccc(O)cc1. The number of phenols is 1. The van der Waals surface area contributed by atoms with Crippen molar-refractivity contribution < 1.29 is 9.90 Å². The number of nitrogens with zero attached hydrogens (tertiary/aromatic N) is 2. The third kappa shape index (κ3) is 2.92. The molecule has 1 aromatic heterocycles. The largest absolute Gasteiger partial charge is 0.508 e. The summed E-state index contributed by atoms with van der Waals surface area (Å²) in [4.78, 5) is 12.0. The summed E-state index contributed by atoms with van der Waals surface area (Å²) in [6, 6.07) is 15.3. The zero-order valence-corrected chi connectivity index (χ0v) is 11.1. The molecular formula is C16H13N3O2. The van der Waals surface area contributed by atoms with E-state index in [0.717, 1.165) is 5.69 Å². The smallest absolute Gasteiger partial charge is 0.255 e. The molecule has 5 heteroatoms. The molecule has 0 spiro atoms. The molecule has 0 saturated carbocycles. The van der Waals surface area contributed by atoms with Gasteiger partial charge in [-0.2, -0.15) is 5.10 Å². The van der Waals surface area contributed by atoms with Gasteiger partial charge < -0.3 is 10.4 Å². The molecule has 1 heterocycles. The first-order chi connectivity index (χ1) is 10.2. The van der Waals surface area contributed by atoms with Gasteiger partial charge in [0.15, 0.2) is 0 Å². The highest BCUT2D eigenvalue weighted by Gasteiger charge is 2.06. The molecule has 3 aromatic rings. The number of aromatic nitrogens is 2. The first kappa shape index (κ1) is 12.9. The molecule has 1 amide bonds. The molecule has 0 saturated heterocycles. The van der Waals surface area contributed by atoms with Gasteiger partial charge in [-0.05, 0) is 54.6 Å². The Labute approximate surface area is 121 Å². The van der Waals surface area contributed by atoms with E-state index in [9.17, 15) is 9.90 Å². The summed E-state index contributed by atoms with van der Waals surface area (Å²) in [6.07, 6.45) is 3.56. The van der Waals surface area contributed by atoms with Crippen LogP contribution in [0.4, 0.5) is 5.69 Å². The lowest BCUT2D eigenvalue weighted by atomic mass is 10.2. The maximum Gasteiger partial charge on any atom is 0.255 e. The van der Waals surface area contributed by atoms with Gasteiger partial charge in [0, 0.05) is 23.6 Å². The molecule has 5 nitrogen and oxygen atoms in total. The van der Waals surface area contributed by atoms with E-state index in [4.69, 9.17) is 0 Å². The van der Waals surface area contributed by atoms with Gasteiger partial charge >= 0.3 is 0 Å². The van der Waals surface area contributed by atoms with Crippen molar-refractivity contribution in [2.45, 2.75) is 0 Å². The molecule has 0 radical (unpaired) electrons. The predicted molar refractivity (Wildman–Crippen MR) is 79.6 cm³/mol. The van der Waals surface area contributed by atoms with E-state index in [-0.39, 0.29) is 11.7 Å². The zero-order valence-electron chi connectivity index (χ0n) is 11.1. The van der Waals surface area contributed by atoms with Crippen molar-refractivity contribution in [2.75, 3.05) is 5.32 Å². The maximum absolute atomic E-state index is 12.0. The lowest BCUT2D eigenvalue weighted by Crippen LogP contribution is -2.11. The molecule has 21 heavy (non-hydrogen) atoms. The number of aromatic hydroxyl groups is 1. The molecule has 3 rings (SSSR count). The highest BCUT2D eigenvalue weighted by molar-refractivity contribution is 6.04. The fraction of sp³-hybridized carbons (Fsp3) is 0. The van der Waals surface area contributed by atoms with E-state index in [1.165, 1.54) is 12.1 Å². The Morgan fingerprint density at radius 2 is 1.76 bits per heavy atom. The lowest BCUT2D eigenvalue weighted by molar-refractivity contribution is 0.102. The van der Waals surface area contributed by atoms with Crippen LogP contribution in [0.5, 0.6) is 5.75 Å². The quantitative estimate of drug-likeness (QED) is 0.774. The first-order valence-corrected chi connectivity index (χ1v) is 6.43. The number of hydrogen-bond acceptors (Lipinski definition) is 3. The molecule has 0 unspecified atom stereocenters. The van der Waals surface area contributed by atoms with Crippen molar-refractivity contribution in [3.63, 3.8) is 0 Å². The van der Waals surface area contributed by atoms with Crippen LogP contribution >= 0.6 is 0 Å². The van der Waals surface area contributed by atoms with E-state index in [0.29, 0.717) is 11.3 Å². The summed E-state index contributed by atoms with van der Waals surface area (Å²) < 4.78 is 1.74. The fourth-order valence-electron chi connectivity index (χ4n) is 1.94. The molecule has 104 valence electrons. The Morgan fingerprint density at radius 1 is 1.05 bits per heavy atom. The number of nitrogens with one attached hydrogen (secondary N) is 1. The first-order valence-electron chi connectivity index (χ1n) is 6.43. The summed E-state index contributed by atoms with van der Waals surface area (Å²) in [5, 5.41) is 16.1. The van der Waals surface area contributed by atoms with Gasteiger partial charge in [-0.1, -0.05) is 0 Å². The van der Waals surface area contributed by atoms with Crippen molar-refractivity contribution in [3.05, 3.63) is 72.6 Å². The Morgan fingerprint density at radius 3 is 2.38 bits per heavy atom. The number of carbonyl (C=O) groups is 1. The molecule has 2 aromatic carbocycles. The highest BCUT2D eigenvalue weighted by Crippen LogP contribution is 2.15. The average Bonchev–Trinajstić information content (AvgIpc) is 3.03. The number of amides is 1. The highest BCUT2D eigenvalue weighted by atomic mass is 16.3. The number of carbonyl (C=O) groups excluding carboxylic acids is 1. The standard InChI is InChI=1S/C16H13N3O2/c20-15-8-2-12(3-9-15)16(21)18-13-4-6-14(7-5-13)19-11-1-10-17-19/h1-11,20H,(H,18,21). The summed E-state index contributed by atoms with van der Waals surface area (Å²) in [6.45, 7) is 0. The molecule has 0 atom stereocenters. The van der Waals surface area contributed by atoms with Gasteiger partial charge in [-0.3, -0.25) is 4.79 Å². The molecule has 0 aliphatic heterocycles. The van der Waals surface area contributed by atoms with Gasteiger partial charge in [0.25, 0.3) is 5.91 Å². The molecule has 2 N–H and O–H groups in total. The summed E-state index contributed by atoms with van der Waals surface area (Å²) in [5.74, 6) is -0.0861. The fourth-order valence-corrected chi connectivity index (χ4v) is 1.94. The van der Waals surface area contributed by atoms with Crippen molar-refractivity contribution >= 4 is 11.6 Å². The minimum atomic E-state index is -0.221. The van der Waals surface area contributed by atoms with Crippen molar-refractivity contribution in [2.24, 2.45) is 0 Å². The van der Waals surface area contributed by atoms with Crippen LogP contribution in [-0.2, 0) is 0 Å². The summed E-state index contributed by atoms with van der Waals surface area (Å²) in [7, 11) is 0. The third-order valence-electron chi connectivity index (χ3n) is 3.02. The number of phenolic OH excluding ortho intramolecular Hbond substituents is 1. The van der Waals surface area contributed by atoms with Crippen molar-refractivity contribution in [1.82, 2.24) is 9.78 Å².